The zero-order valence-corrected chi connectivity index (χ0v) is 13.0. The Labute approximate surface area is 137 Å². The van der Waals surface area contributed by atoms with E-state index in [0.717, 1.165) is 24.0 Å². The number of hydrogen-bond donors (Lipinski definition) is 2. The van der Waals surface area contributed by atoms with E-state index in [1.165, 1.54) is 18.2 Å². The normalized spacial score (nSPS) is 16.0. The third kappa shape index (κ3) is 2.74. The Hall–Kier alpha value is -1.85. The number of carbonyl (C=O) groups excluding carboxylic acids is 1. The molecule has 1 aromatic heterocycles. The van der Waals surface area contributed by atoms with Gasteiger partial charge in [0.15, 0.2) is 0 Å². The van der Waals surface area contributed by atoms with E-state index in [0.29, 0.717) is 5.02 Å². The standard InChI is InChI=1S/C15H13ClFN3O.ClH/c16-9-5-12(15(19)21)14(18)20(7-9)13-4-2-8-1-3-10(17)6-11(8)13;/h1,3,5-7,13,18H,2,4H2,(H2,19,21);1H. The molecule has 22 heavy (non-hydrogen) atoms. The molecule has 0 radical (unpaired) electrons. The van der Waals surface area contributed by atoms with Gasteiger partial charge in [0.25, 0.3) is 5.91 Å². The molecule has 1 heterocycles. The second-order valence-corrected chi connectivity index (χ2v) is 5.53. The quantitative estimate of drug-likeness (QED) is 0.866. The number of benzene rings is 1. The number of halogens is 3. The van der Waals surface area contributed by atoms with Crippen molar-refractivity contribution in [3.63, 3.8) is 0 Å². The summed E-state index contributed by atoms with van der Waals surface area (Å²) < 4.78 is 15.1. The summed E-state index contributed by atoms with van der Waals surface area (Å²) in [5.74, 6) is -1.02. The highest BCUT2D eigenvalue weighted by Gasteiger charge is 2.25. The molecule has 3 rings (SSSR count). The number of fused-ring (bicyclic) bond motifs is 1. The van der Waals surface area contributed by atoms with Gasteiger partial charge in [0.05, 0.1) is 16.6 Å². The van der Waals surface area contributed by atoms with Gasteiger partial charge in [-0.2, -0.15) is 0 Å². The van der Waals surface area contributed by atoms with E-state index in [1.807, 2.05) is 0 Å². The number of rotatable bonds is 2. The van der Waals surface area contributed by atoms with Gasteiger partial charge < -0.3 is 10.3 Å². The predicted octanol–water partition coefficient (Wildman–Crippen LogP) is 2.82. The van der Waals surface area contributed by atoms with Crippen molar-refractivity contribution in [3.8, 4) is 0 Å². The second-order valence-electron chi connectivity index (χ2n) is 5.09. The Bertz CT molecular complexity index is 804. The second kappa shape index (κ2) is 6.10. The highest BCUT2D eigenvalue weighted by Crippen LogP contribution is 2.34. The number of amides is 1. The maximum atomic E-state index is 13.5. The van der Waals surface area contributed by atoms with Crippen LogP contribution in [-0.4, -0.2) is 10.5 Å². The topological polar surface area (TPSA) is 71.9 Å². The molecule has 3 N–H and O–H groups in total. The average molecular weight is 342 g/mol. The van der Waals surface area contributed by atoms with Crippen LogP contribution in [0.3, 0.4) is 0 Å². The van der Waals surface area contributed by atoms with E-state index >= 15 is 0 Å². The molecule has 0 aliphatic heterocycles. The molecule has 0 bridgehead atoms. The number of aromatic nitrogens is 1. The fourth-order valence-corrected chi connectivity index (χ4v) is 3.07. The maximum Gasteiger partial charge on any atom is 0.252 e. The van der Waals surface area contributed by atoms with E-state index in [9.17, 15) is 9.18 Å². The van der Waals surface area contributed by atoms with Gasteiger partial charge in [-0.3, -0.25) is 10.2 Å². The summed E-state index contributed by atoms with van der Waals surface area (Å²) in [7, 11) is 0. The van der Waals surface area contributed by atoms with Crippen LogP contribution in [0.5, 0.6) is 0 Å². The molecule has 7 heteroatoms. The number of primary amides is 1. The van der Waals surface area contributed by atoms with Gasteiger partial charge in [-0.05, 0) is 42.2 Å². The van der Waals surface area contributed by atoms with Crippen LogP contribution in [0, 0.1) is 11.2 Å². The lowest BCUT2D eigenvalue weighted by Gasteiger charge is -2.18. The highest BCUT2D eigenvalue weighted by molar-refractivity contribution is 6.30. The molecule has 1 amide bonds. The first kappa shape index (κ1) is 16.5. The van der Waals surface area contributed by atoms with E-state index in [2.05, 4.69) is 0 Å². The molecule has 1 aliphatic carbocycles. The summed E-state index contributed by atoms with van der Waals surface area (Å²) in [6.07, 6.45) is 3.11. The van der Waals surface area contributed by atoms with Crippen LogP contribution in [0.25, 0.3) is 0 Å². The molecule has 1 unspecified atom stereocenters. The Balaban J connectivity index is 0.00000176. The van der Waals surface area contributed by atoms with Crippen LogP contribution in [0.15, 0.2) is 30.5 Å². The zero-order chi connectivity index (χ0) is 15.1. The number of nitrogens with one attached hydrogen (secondary N) is 1. The molecule has 0 saturated carbocycles. The van der Waals surface area contributed by atoms with E-state index in [4.69, 9.17) is 22.7 Å². The van der Waals surface area contributed by atoms with Crippen LogP contribution in [0.1, 0.15) is 33.9 Å². The van der Waals surface area contributed by atoms with Crippen LogP contribution in [-0.2, 0) is 6.42 Å². The van der Waals surface area contributed by atoms with Crippen molar-refractivity contribution in [2.45, 2.75) is 18.9 Å². The van der Waals surface area contributed by atoms with Crippen molar-refractivity contribution >= 4 is 29.9 Å². The van der Waals surface area contributed by atoms with E-state index in [1.54, 1.807) is 16.8 Å². The Morgan fingerprint density at radius 3 is 2.82 bits per heavy atom. The molecule has 0 spiro atoms. The summed E-state index contributed by atoms with van der Waals surface area (Å²) >= 11 is 6.02. The van der Waals surface area contributed by atoms with Crippen molar-refractivity contribution in [2.24, 2.45) is 5.73 Å². The highest BCUT2D eigenvalue weighted by atomic mass is 35.5. The minimum absolute atomic E-state index is 0. The molecule has 116 valence electrons. The minimum atomic E-state index is -0.700. The Morgan fingerprint density at radius 1 is 1.41 bits per heavy atom. The molecular formula is C15H14Cl2FN3O. The molecule has 0 fully saturated rings. The number of nitrogens with two attached hydrogens (primary N) is 1. The summed E-state index contributed by atoms with van der Waals surface area (Å²) in [5, 5.41) is 8.47. The van der Waals surface area contributed by atoms with Gasteiger partial charge >= 0.3 is 0 Å². The van der Waals surface area contributed by atoms with Gasteiger partial charge in [-0.25, -0.2) is 4.39 Å². The van der Waals surface area contributed by atoms with Crippen molar-refractivity contribution < 1.29 is 9.18 Å². The van der Waals surface area contributed by atoms with Gasteiger partial charge in [0, 0.05) is 6.20 Å². The monoisotopic (exact) mass is 341 g/mol. The third-order valence-corrected chi connectivity index (χ3v) is 4.02. The summed E-state index contributed by atoms with van der Waals surface area (Å²) in [5.41, 5.74) is 7.21. The molecule has 4 nitrogen and oxygen atoms in total. The number of nitrogens with zero attached hydrogens (tertiary/aromatic N) is 1. The van der Waals surface area contributed by atoms with Crippen molar-refractivity contribution in [2.75, 3.05) is 0 Å². The van der Waals surface area contributed by atoms with Crippen molar-refractivity contribution in [1.29, 1.82) is 5.41 Å². The first-order valence-electron chi connectivity index (χ1n) is 6.52. The molecule has 1 aromatic carbocycles. The lowest BCUT2D eigenvalue weighted by atomic mass is 10.1. The van der Waals surface area contributed by atoms with Gasteiger partial charge in [-0.1, -0.05) is 17.7 Å². The largest absolute Gasteiger partial charge is 0.365 e. The predicted molar refractivity (Wildman–Crippen MR) is 83.9 cm³/mol. The lowest BCUT2D eigenvalue weighted by molar-refractivity contribution is 0.0997. The van der Waals surface area contributed by atoms with Crippen molar-refractivity contribution in [3.05, 3.63) is 63.5 Å². The number of pyridine rings is 1. The fraction of sp³-hybridized carbons (Fsp3) is 0.200. The summed E-state index contributed by atoms with van der Waals surface area (Å²) in [6.45, 7) is 0. The van der Waals surface area contributed by atoms with Crippen LogP contribution in [0.2, 0.25) is 5.02 Å². The summed E-state index contributed by atoms with van der Waals surface area (Å²) in [6, 6.07) is 5.84. The Morgan fingerprint density at radius 2 is 2.14 bits per heavy atom. The van der Waals surface area contributed by atoms with Gasteiger partial charge in [0.2, 0.25) is 0 Å². The molecule has 1 atom stereocenters. The Kier molecular flexibility index (Phi) is 4.58. The maximum absolute atomic E-state index is 13.5. The molecule has 1 aliphatic rings. The minimum Gasteiger partial charge on any atom is -0.365 e. The first-order chi connectivity index (χ1) is 9.97. The average Bonchev–Trinajstić information content (AvgIpc) is 2.83. The lowest BCUT2D eigenvalue weighted by Crippen LogP contribution is -2.31. The third-order valence-electron chi connectivity index (χ3n) is 3.81. The molecular weight excluding hydrogens is 328 g/mol. The van der Waals surface area contributed by atoms with Crippen LogP contribution < -0.4 is 11.2 Å². The smallest absolute Gasteiger partial charge is 0.252 e. The van der Waals surface area contributed by atoms with Crippen LogP contribution in [0.4, 0.5) is 4.39 Å². The van der Waals surface area contributed by atoms with E-state index in [-0.39, 0.29) is 35.3 Å². The van der Waals surface area contributed by atoms with Gasteiger partial charge in [0.1, 0.15) is 11.3 Å². The van der Waals surface area contributed by atoms with Crippen molar-refractivity contribution in [1.82, 2.24) is 4.57 Å². The van der Waals surface area contributed by atoms with Crippen LogP contribution >= 0.6 is 24.0 Å². The zero-order valence-electron chi connectivity index (χ0n) is 11.5. The summed E-state index contributed by atoms with van der Waals surface area (Å²) in [4.78, 5) is 11.4. The fourth-order valence-electron chi connectivity index (χ4n) is 2.85. The molecule has 0 saturated heterocycles. The number of carbonyl (C=O) groups is 1. The molecule has 2 aromatic rings. The number of hydrogen-bond acceptors (Lipinski definition) is 2. The first-order valence-corrected chi connectivity index (χ1v) is 6.89. The SMILES string of the molecule is Cl.N=c1c(C(N)=O)cc(Cl)cn1C1CCc2ccc(F)cc21. The van der Waals surface area contributed by atoms with Gasteiger partial charge in [-0.15, -0.1) is 12.4 Å². The van der Waals surface area contributed by atoms with E-state index < -0.39 is 5.91 Å². The number of aryl methyl sites for hydroxylation is 1.